The van der Waals surface area contributed by atoms with Gasteiger partial charge in [-0.05, 0) is 19.1 Å². The fraction of sp³-hybridized carbons (Fsp3) is 0.188. The maximum Gasteiger partial charge on any atom is 0.240 e. The summed E-state index contributed by atoms with van der Waals surface area (Å²) in [5.41, 5.74) is 1.58. The van der Waals surface area contributed by atoms with Crippen LogP contribution in [0.2, 0.25) is 0 Å². The average Bonchev–Trinajstić information content (AvgIpc) is 2.48. The van der Waals surface area contributed by atoms with Gasteiger partial charge >= 0.3 is 0 Å². The lowest BCUT2D eigenvalue weighted by Gasteiger charge is -2.06. The Labute approximate surface area is 124 Å². The van der Waals surface area contributed by atoms with Gasteiger partial charge in [0.25, 0.3) is 0 Å². The highest BCUT2D eigenvalue weighted by atomic mass is 32.2. The summed E-state index contributed by atoms with van der Waals surface area (Å²) in [7, 11) is -3.56. The normalized spacial score (nSPS) is 11.3. The van der Waals surface area contributed by atoms with Crippen LogP contribution in [0.3, 0.4) is 0 Å². The van der Waals surface area contributed by atoms with Crippen molar-refractivity contribution in [1.82, 2.24) is 4.72 Å². The van der Waals surface area contributed by atoms with Gasteiger partial charge in [0.1, 0.15) is 0 Å². The molecule has 0 aromatic heterocycles. The molecule has 0 bridgehead atoms. The Morgan fingerprint density at radius 2 is 1.62 bits per heavy atom. The summed E-state index contributed by atoms with van der Waals surface area (Å²) in [6.45, 7) is 1.98. The van der Waals surface area contributed by atoms with Gasteiger partial charge in [-0.2, -0.15) is 0 Å². The van der Waals surface area contributed by atoms with Crippen molar-refractivity contribution in [3.8, 4) is 0 Å². The number of aryl methyl sites for hydroxylation is 1. The Morgan fingerprint density at radius 3 is 2.24 bits per heavy atom. The summed E-state index contributed by atoms with van der Waals surface area (Å²) in [6, 6.07) is 15.4. The Bertz CT molecular complexity index is 707. The van der Waals surface area contributed by atoms with Gasteiger partial charge in [-0.3, -0.25) is 4.79 Å². The molecule has 4 nitrogen and oxygen atoms in total. The number of hydrogen-bond donors (Lipinski definition) is 1. The van der Waals surface area contributed by atoms with Crippen LogP contribution >= 0.6 is 0 Å². The molecular formula is C16H17NO3S. The van der Waals surface area contributed by atoms with E-state index in [1.165, 1.54) is 0 Å². The van der Waals surface area contributed by atoms with E-state index in [0.29, 0.717) is 5.56 Å². The highest BCUT2D eigenvalue weighted by molar-refractivity contribution is 7.89. The number of rotatable bonds is 6. The number of Topliss-reactive ketones (excluding diaryl/α,β-unsaturated/α-hetero) is 1. The quantitative estimate of drug-likeness (QED) is 0.834. The number of benzene rings is 2. The minimum absolute atomic E-state index is 0.0813. The predicted octanol–water partition coefficient (Wildman–Crippen LogP) is 2.55. The van der Waals surface area contributed by atoms with E-state index < -0.39 is 10.0 Å². The second-order valence-electron chi connectivity index (χ2n) is 4.75. The van der Waals surface area contributed by atoms with Gasteiger partial charge in [-0.15, -0.1) is 0 Å². The Morgan fingerprint density at radius 1 is 1.00 bits per heavy atom. The summed E-state index contributed by atoms with van der Waals surface area (Å²) in [5, 5.41) is 0. The van der Waals surface area contributed by atoms with Crippen molar-refractivity contribution >= 4 is 15.8 Å². The lowest BCUT2D eigenvalue weighted by molar-refractivity contribution is 0.0984. The van der Waals surface area contributed by atoms with Gasteiger partial charge in [-0.25, -0.2) is 13.1 Å². The molecule has 0 aliphatic rings. The first-order valence-corrected chi connectivity index (χ1v) is 8.12. The standard InChI is InChI=1S/C16H17NO3S/c1-13-7-9-15(10-8-13)21(19,20)17-12-11-16(18)14-5-3-2-4-6-14/h2-10,17H,11-12H2,1H3. The molecule has 0 unspecified atom stereocenters. The zero-order valence-electron chi connectivity index (χ0n) is 11.7. The van der Waals surface area contributed by atoms with Gasteiger partial charge in [0, 0.05) is 18.5 Å². The molecule has 0 atom stereocenters. The summed E-state index contributed by atoms with van der Waals surface area (Å²) in [6.07, 6.45) is 0.134. The van der Waals surface area contributed by atoms with Crippen molar-refractivity contribution in [2.24, 2.45) is 0 Å². The number of hydrogen-bond acceptors (Lipinski definition) is 3. The Balaban J connectivity index is 1.94. The molecule has 0 fully saturated rings. The smallest absolute Gasteiger partial charge is 0.240 e. The van der Waals surface area contributed by atoms with E-state index in [1.807, 2.05) is 13.0 Å². The number of sulfonamides is 1. The fourth-order valence-electron chi connectivity index (χ4n) is 1.87. The van der Waals surface area contributed by atoms with Crippen molar-refractivity contribution in [3.63, 3.8) is 0 Å². The molecular weight excluding hydrogens is 286 g/mol. The Hall–Kier alpha value is -1.98. The average molecular weight is 303 g/mol. The van der Waals surface area contributed by atoms with Crippen LogP contribution in [0.5, 0.6) is 0 Å². The first-order chi connectivity index (χ1) is 9.99. The van der Waals surface area contributed by atoms with Crippen molar-refractivity contribution in [3.05, 3.63) is 65.7 Å². The lowest BCUT2D eigenvalue weighted by atomic mass is 10.1. The topological polar surface area (TPSA) is 63.2 Å². The van der Waals surface area contributed by atoms with E-state index in [0.717, 1.165) is 5.56 Å². The highest BCUT2D eigenvalue weighted by Crippen LogP contribution is 2.10. The van der Waals surface area contributed by atoms with Gasteiger partial charge < -0.3 is 0 Å². The van der Waals surface area contributed by atoms with Crippen LogP contribution in [0.25, 0.3) is 0 Å². The molecule has 2 aromatic carbocycles. The third-order valence-corrected chi connectivity index (χ3v) is 4.55. The molecule has 2 aromatic rings. The van der Waals surface area contributed by atoms with E-state index in [9.17, 15) is 13.2 Å². The van der Waals surface area contributed by atoms with Crippen molar-refractivity contribution in [1.29, 1.82) is 0 Å². The number of carbonyl (C=O) groups is 1. The van der Waals surface area contributed by atoms with E-state index in [1.54, 1.807) is 48.5 Å². The predicted molar refractivity (Wildman–Crippen MR) is 81.8 cm³/mol. The van der Waals surface area contributed by atoms with Crippen molar-refractivity contribution in [2.75, 3.05) is 6.54 Å². The summed E-state index contributed by atoms with van der Waals surface area (Å²) < 4.78 is 26.5. The summed E-state index contributed by atoms with van der Waals surface area (Å²) in [4.78, 5) is 12.1. The number of carbonyl (C=O) groups excluding carboxylic acids is 1. The van der Waals surface area contributed by atoms with Crippen molar-refractivity contribution < 1.29 is 13.2 Å². The number of ketones is 1. The van der Waals surface area contributed by atoms with Gasteiger partial charge in [0.15, 0.2) is 5.78 Å². The largest absolute Gasteiger partial charge is 0.294 e. The first-order valence-electron chi connectivity index (χ1n) is 6.63. The van der Waals surface area contributed by atoms with Crippen LogP contribution in [0.4, 0.5) is 0 Å². The molecule has 0 heterocycles. The molecule has 0 radical (unpaired) electrons. The molecule has 2 rings (SSSR count). The molecule has 0 aliphatic carbocycles. The lowest BCUT2D eigenvalue weighted by Crippen LogP contribution is -2.26. The van der Waals surface area contributed by atoms with Crippen LogP contribution < -0.4 is 4.72 Å². The Kier molecular flexibility index (Phi) is 4.88. The third kappa shape index (κ3) is 4.24. The van der Waals surface area contributed by atoms with E-state index in [-0.39, 0.29) is 23.6 Å². The summed E-state index contributed by atoms with van der Waals surface area (Å²) >= 11 is 0. The molecule has 21 heavy (non-hydrogen) atoms. The van der Waals surface area contributed by atoms with Gasteiger partial charge in [0.2, 0.25) is 10.0 Å². The molecule has 0 amide bonds. The molecule has 0 saturated carbocycles. The monoisotopic (exact) mass is 303 g/mol. The maximum atomic E-state index is 12.0. The summed E-state index contributed by atoms with van der Waals surface area (Å²) in [5.74, 6) is -0.0813. The van der Waals surface area contributed by atoms with Gasteiger partial charge in [-0.1, -0.05) is 48.0 Å². The van der Waals surface area contributed by atoms with Crippen LogP contribution in [0.15, 0.2) is 59.5 Å². The minimum Gasteiger partial charge on any atom is -0.294 e. The number of nitrogens with one attached hydrogen (secondary N) is 1. The van der Waals surface area contributed by atoms with Crippen LogP contribution in [0, 0.1) is 6.92 Å². The second-order valence-corrected chi connectivity index (χ2v) is 6.52. The fourth-order valence-corrected chi connectivity index (χ4v) is 2.90. The first kappa shape index (κ1) is 15.4. The SMILES string of the molecule is Cc1ccc(S(=O)(=O)NCCC(=O)c2ccccc2)cc1. The van der Waals surface area contributed by atoms with E-state index in [4.69, 9.17) is 0 Å². The van der Waals surface area contributed by atoms with E-state index in [2.05, 4.69) is 4.72 Å². The van der Waals surface area contributed by atoms with Crippen molar-refractivity contribution in [2.45, 2.75) is 18.2 Å². The molecule has 110 valence electrons. The van der Waals surface area contributed by atoms with Crippen LogP contribution in [-0.4, -0.2) is 20.7 Å². The third-order valence-electron chi connectivity index (χ3n) is 3.07. The zero-order chi connectivity index (χ0) is 15.3. The second kappa shape index (κ2) is 6.65. The maximum absolute atomic E-state index is 12.0. The van der Waals surface area contributed by atoms with Crippen LogP contribution in [0.1, 0.15) is 22.3 Å². The molecule has 0 spiro atoms. The zero-order valence-corrected chi connectivity index (χ0v) is 12.6. The minimum atomic E-state index is -3.56. The molecule has 0 saturated heterocycles. The van der Waals surface area contributed by atoms with Gasteiger partial charge in [0.05, 0.1) is 4.90 Å². The molecule has 5 heteroatoms. The molecule has 0 aliphatic heterocycles. The van der Waals surface area contributed by atoms with Crippen LogP contribution in [-0.2, 0) is 10.0 Å². The molecule has 1 N–H and O–H groups in total. The highest BCUT2D eigenvalue weighted by Gasteiger charge is 2.14. The van der Waals surface area contributed by atoms with E-state index >= 15 is 0 Å².